The number of aromatic amines is 2. The molecule has 3 rings (SSSR count). The van der Waals surface area contributed by atoms with Crippen molar-refractivity contribution in [2.45, 2.75) is 32.4 Å². The fourth-order valence-corrected chi connectivity index (χ4v) is 2.70. The molecule has 3 aromatic rings. The molecular formula is C17H20N6O2. The van der Waals surface area contributed by atoms with Gasteiger partial charge < -0.3 is 9.88 Å². The van der Waals surface area contributed by atoms with E-state index in [0.29, 0.717) is 5.82 Å². The summed E-state index contributed by atoms with van der Waals surface area (Å²) in [6, 6.07) is 9.67. The third-order valence-corrected chi connectivity index (χ3v) is 4.00. The summed E-state index contributed by atoms with van der Waals surface area (Å²) in [5, 5.41) is 9.05. The number of carbonyl (C=O) groups is 1. The molecule has 0 saturated carbocycles. The van der Waals surface area contributed by atoms with Gasteiger partial charge in [0, 0.05) is 18.9 Å². The second kappa shape index (κ2) is 7.61. The van der Waals surface area contributed by atoms with Crippen LogP contribution in [-0.2, 0) is 17.8 Å². The Hall–Kier alpha value is -3.16. The van der Waals surface area contributed by atoms with Crippen LogP contribution in [0.4, 0.5) is 0 Å². The van der Waals surface area contributed by atoms with Gasteiger partial charge in [-0.1, -0.05) is 30.3 Å². The summed E-state index contributed by atoms with van der Waals surface area (Å²) in [4.78, 5) is 30.1. The number of carbonyl (C=O) groups excluding carboxylic acids is 1. The van der Waals surface area contributed by atoms with E-state index in [-0.39, 0.29) is 18.4 Å². The monoisotopic (exact) mass is 340 g/mol. The van der Waals surface area contributed by atoms with Gasteiger partial charge in [0.05, 0.1) is 12.5 Å². The summed E-state index contributed by atoms with van der Waals surface area (Å²) >= 11 is 0. The zero-order valence-corrected chi connectivity index (χ0v) is 13.9. The molecule has 0 spiro atoms. The average Bonchev–Trinajstić information content (AvgIpc) is 3.20. The van der Waals surface area contributed by atoms with E-state index in [9.17, 15) is 9.59 Å². The SMILES string of the molecule is Cc1nccn1CC[C@@H](NC(=O)Cc1n[nH]c(=O)[nH]1)c1ccccc1. The van der Waals surface area contributed by atoms with Crippen molar-refractivity contribution in [2.24, 2.45) is 0 Å². The zero-order chi connectivity index (χ0) is 17.6. The molecule has 3 N–H and O–H groups in total. The molecule has 0 aliphatic rings. The largest absolute Gasteiger partial charge is 0.349 e. The van der Waals surface area contributed by atoms with Crippen molar-refractivity contribution in [1.82, 2.24) is 30.0 Å². The second-order valence-corrected chi connectivity index (χ2v) is 5.79. The molecule has 8 nitrogen and oxygen atoms in total. The minimum atomic E-state index is -0.419. The van der Waals surface area contributed by atoms with E-state index < -0.39 is 5.69 Å². The number of aromatic nitrogens is 5. The van der Waals surface area contributed by atoms with Gasteiger partial charge in [-0.3, -0.25) is 9.78 Å². The first kappa shape index (κ1) is 16.7. The molecular weight excluding hydrogens is 320 g/mol. The molecule has 0 fully saturated rings. The maximum Gasteiger partial charge on any atom is 0.340 e. The maximum atomic E-state index is 12.3. The van der Waals surface area contributed by atoms with Gasteiger partial charge >= 0.3 is 5.69 Å². The van der Waals surface area contributed by atoms with Crippen molar-refractivity contribution in [3.63, 3.8) is 0 Å². The van der Waals surface area contributed by atoms with Crippen LogP contribution in [0.2, 0.25) is 0 Å². The molecule has 1 aromatic carbocycles. The van der Waals surface area contributed by atoms with Gasteiger partial charge in [-0.15, -0.1) is 0 Å². The fraction of sp³-hybridized carbons (Fsp3) is 0.294. The number of imidazole rings is 1. The van der Waals surface area contributed by atoms with E-state index in [4.69, 9.17) is 0 Å². The van der Waals surface area contributed by atoms with Crippen molar-refractivity contribution in [3.8, 4) is 0 Å². The number of amides is 1. The van der Waals surface area contributed by atoms with Gasteiger partial charge in [0.25, 0.3) is 0 Å². The summed E-state index contributed by atoms with van der Waals surface area (Å²) in [6.07, 6.45) is 4.43. The standard InChI is InChI=1S/C17H20N6O2/c1-12-18-8-10-23(12)9-7-14(13-5-3-2-4-6-13)19-16(24)11-15-20-17(25)22-21-15/h2-6,8,10,14H,7,9,11H2,1H3,(H,19,24)(H2,20,21,22,25)/t14-/m1/s1. The van der Waals surface area contributed by atoms with Crippen molar-refractivity contribution >= 4 is 5.91 Å². The van der Waals surface area contributed by atoms with Crippen molar-refractivity contribution in [1.29, 1.82) is 0 Å². The lowest BCUT2D eigenvalue weighted by molar-refractivity contribution is -0.121. The van der Waals surface area contributed by atoms with E-state index in [1.165, 1.54) is 0 Å². The van der Waals surface area contributed by atoms with Crippen LogP contribution in [0.15, 0.2) is 47.5 Å². The molecule has 0 saturated heterocycles. The first-order chi connectivity index (χ1) is 12.1. The number of nitrogens with zero attached hydrogens (tertiary/aromatic N) is 3. The minimum Gasteiger partial charge on any atom is -0.349 e. The molecule has 0 aliphatic heterocycles. The highest BCUT2D eigenvalue weighted by molar-refractivity contribution is 5.78. The lowest BCUT2D eigenvalue weighted by Crippen LogP contribution is -2.31. The highest BCUT2D eigenvalue weighted by atomic mass is 16.2. The van der Waals surface area contributed by atoms with E-state index in [1.54, 1.807) is 6.20 Å². The lowest BCUT2D eigenvalue weighted by atomic mass is 10.0. The van der Waals surface area contributed by atoms with Crippen LogP contribution in [-0.4, -0.2) is 30.6 Å². The van der Waals surface area contributed by atoms with Crippen LogP contribution < -0.4 is 11.0 Å². The molecule has 0 bridgehead atoms. The quantitative estimate of drug-likeness (QED) is 0.598. The Morgan fingerprint density at radius 2 is 2.12 bits per heavy atom. The fourth-order valence-electron chi connectivity index (χ4n) is 2.70. The highest BCUT2D eigenvalue weighted by Gasteiger charge is 2.16. The van der Waals surface area contributed by atoms with Gasteiger partial charge in [0.1, 0.15) is 11.6 Å². The second-order valence-electron chi connectivity index (χ2n) is 5.79. The Morgan fingerprint density at radius 3 is 2.76 bits per heavy atom. The highest BCUT2D eigenvalue weighted by Crippen LogP contribution is 2.18. The third kappa shape index (κ3) is 4.43. The summed E-state index contributed by atoms with van der Waals surface area (Å²) in [6.45, 7) is 2.69. The van der Waals surface area contributed by atoms with Gasteiger partial charge in [0.15, 0.2) is 0 Å². The third-order valence-electron chi connectivity index (χ3n) is 4.00. The summed E-state index contributed by atoms with van der Waals surface area (Å²) in [5.41, 5.74) is 0.613. The Balaban J connectivity index is 1.68. The van der Waals surface area contributed by atoms with E-state index in [2.05, 4.69) is 25.5 Å². The molecule has 0 radical (unpaired) electrons. The first-order valence-electron chi connectivity index (χ1n) is 8.07. The van der Waals surface area contributed by atoms with Crippen LogP contribution >= 0.6 is 0 Å². The predicted octanol–water partition coefficient (Wildman–Crippen LogP) is 1.09. The first-order valence-corrected chi connectivity index (χ1v) is 8.07. The maximum absolute atomic E-state index is 12.3. The van der Waals surface area contributed by atoms with Gasteiger partial charge in [0.2, 0.25) is 5.91 Å². The van der Waals surface area contributed by atoms with Crippen molar-refractivity contribution in [3.05, 3.63) is 70.4 Å². The summed E-state index contributed by atoms with van der Waals surface area (Å²) in [5.74, 6) is 1.06. The normalized spacial score (nSPS) is 12.0. The Bertz CT molecular complexity index is 880. The summed E-state index contributed by atoms with van der Waals surface area (Å²) in [7, 11) is 0. The van der Waals surface area contributed by atoms with Crippen molar-refractivity contribution < 1.29 is 4.79 Å². The smallest absolute Gasteiger partial charge is 0.340 e. The number of benzene rings is 1. The van der Waals surface area contributed by atoms with Gasteiger partial charge in [-0.25, -0.2) is 14.9 Å². The molecule has 130 valence electrons. The molecule has 2 heterocycles. The predicted molar refractivity (Wildman–Crippen MR) is 91.8 cm³/mol. The van der Waals surface area contributed by atoms with Gasteiger partial charge in [-0.2, -0.15) is 5.10 Å². The number of aryl methyl sites for hydroxylation is 2. The lowest BCUT2D eigenvalue weighted by Gasteiger charge is -2.19. The van der Waals surface area contributed by atoms with E-state index in [0.717, 1.165) is 24.4 Å². The van der Waals surface area contributed by atoms with Crippen LogP contribution in [0.5, 0.6) is 0 Å². The molecule has 2 aromatic heterocycles. The van der Waals surface area contributed by atoms with Crippen LogP contribution in [0, 0.1) is 6.92 Å². The molecule has 8 heteroatoms. The van der Waals surface area contributed by atoms with Gasteiger partial charge in [-0.05, 0) is 18.9 Å². The van der Waals surface area contributed by atoms with Crippen LogP contribution in [0.1, 0.15) is 29.7 Å². The molecule has 1 amide bonds. The molecule has 1 atom stereocenters. The van der Waals surface area contributed by atoms with Crippen molar-refractivity contribution in [2.75, 3.05) is 0 Å². The summed E-state index contributed by atoms with van der Waals surface area (Å²) < 4.78 is 2.05. The van der Waals surface area contributed by atoms with E-state index in [1.807, 2.05) is 48.0 Å². The number of hydrogen-bond donors (Lipinski definition) is 3. The minimum absolute atomic E-state index is 0.0200. The Morgan fingerprint density at radius 1 is 1.32 bits per heavy atom. The Labute approximate surface area is 144 Å². The van der Waals surface area contributed by atoms with Crippen LogP contribution in [0.3, 0.4) is 0 Å². The number of hydrogen-bond acceptors (Lipinski definition) is 4. The zero-order valence-electron chi connectivity index (χ0n) is 13.9. The Kier molecular flexibility index (Phi) is 5.08. The van der Waals surface area contributed by atoms with E-state index >= 15 is 0 Å². The average molecular weight is 340 g/mol. The van der Waals surface area contributed by atoms with Crippen LogP contribution in [0.25, 0.3) is 0 Å². The topological polar surface area (TPSA) is 108 Å². The molecule has 0 unspecified atom stereocenters. The number of rotatable bonds is 7. The molecule has 0 aliphatic carbocycles. The number of nitrogens with one attached hydrogen (secondary N) is 3. The number of H-pyrrole nitrogens is 2. The molecule has 25 heavy (non-hydrogen) atoms.